The van der Waals surface area contributed by atoms with E-state index in [1.54, 1.807) is 0 Å². The van der Waals surface area contributed by atoms with Crippen LogP contribution in [-0.4, -0.2) is 29.6 Å². The van der Waals surface area contributed by atoms with Gasteiger partial charge in [0, 0.05) is 18.1 Å². The summed E-state index contributed by atoms with van der Waals surface area (Å²) in [5.41, 5.74) is 6.40. The van der Waals surface area contributed by atoms with Crippen molar-refractivity contribution < 1.29 is 0 Å². The Labute approximate surface area is 113 Å². The summed E-state index contributed by atoms with van der Waals surface area (Å²) in [6.07, 6.45) is 9.85. The Morgan fingerprint density at radius 3 is 2.50 bits per heavy atom. The van der Waals surface area contributed by atoms with Crippen LogP contribution in [0, 0.1) is 11.8 Å². The first kappa shape index (κ1) is 14.3. The van der Waals surface area contributed by atoms with E-state index in [-0.39, 0.29) is 5.54 Å². The number of piperidine rings is 1. The van der Waals surface area contributed by atoms with Gasteiger partial charge in [0.1, 0.15) is 0 Å². The number of hydrogen-bond donors (Lipinski definition) is 1. The van der Waals surface area contributed by atoms with Gasteiger partial charge in [0.15, 0.2) is 0 Å². The summed E-state index contributed by atoms with van der Waals surface area (Å²) < 4.78 is 0. The molecule has 1 heterocycles. The first-order chi connectivity index (χ1) is 8.57. The maximum Gasteiger partial charge on any atom is 0.0309 e. The molecular weight excluding hydrogens is 220 g/mol. The van der Waals surface area contributed by atoms with E-state index in [1.165, 1.54) is 51.5 Å². The highest BCUT2D eigenvalue weighted by Gasteiger charge is 2.41. The number of fused-ring (bicyclic) bond motifs is 1. The van der Waals surface area contributed by atoms with Crippen LogP contribution in [0.3, 0.4) is 0 Å². The Balaban J connectivity index is 2.12. The summed E-state index contributed by atoms with van der Waals surface area (Å²) >= 11 is 0. The fourth-order valence-electron chi connectivity index (χ4n) is 4.49. The molecule has 2 aliphatic rings. The summed E-state index contributed by atoms with van der Waals surface area (Å²) in [6.45, 7) is 9.16. The quantitative estimate of drug-likeness (QED) is 0.831. The lowest BCUT2D eigenvalue weighted by Gasteiger charge is -2.53. The SMILES string of the molecule is CC(C)CC(C)(CN)N1CCC[C@H]2CCCC[C@H]21. The number of nitrogens with two attached hydrogens (primary N) is 1. The summed E-state index contributed by atoms with van der Waals surface area (Å²) in [7, 11) is 0. The van der Waals surface area contributed by atoms with E-state index in [2.05, 4.69) is 25.7 Å². The van der Waals surface area contributed by atoms with E-state index < -0.39 is 0 Å². The van der Waals surface area contributed by atoms with Gasteiger partial charge in [-0.2, -0.15) is 0 Å². The molecule has 1 saturated heterocycles. The van der Waals surface area contributed by atoms with Crippen molar-refractivity contribution >= 4 is 0 Å². The third kappa shape index (κ3) is 2.91. The molecule has 2 N–H and O–H groups in total. The van der Waals surface area contributed by atoms with Gasteiger partial charge in [-0.05, 0) is 57.4 Å². The normalized spacial score (nSPS) is 33.2. The summed E-state index contributed by atoms with van der Waals surface area (Å²) in [6, 6.07) is 0.833. The average molecular weight is 252 g/mol. The molecule has 0 aromatic carbocycles. The molecule has 18 heavy (non-hydrogen) atoms. The number of nitrogens with zero attached hydrogens (tertiary/aromatic N) is 1. The molecule has 106 valence electrons. The zero-order valence-corrected chi connectivity index (χ0v) is 12.6. The van der Waals surface area contributed by atoms with Crippen LogP contribution in [0.4, 0.5) is 0 Å². The smallest absolute Gasteiger partial charge is 0.0309 e. The maximum atomic E-state index is 6.17. The average Bonchev–Trinajstić information content (AvgIpc) is 2.37. The van der Waals surface area contributed by atoms with Crippen molar-refractivity contribution in [2.24, 2.45) is 17.6 Å². The fourth-order valence-corrected chi connectivity index (χ4v) is 4.49. The minimum absolute atomic E-state index is 0.231. The van der Waals surface area contributed by atoms with E-state index in [0.717, 1.165) is 24.4 Å². The standard InChI is InChI=1S/C16H32N2/c1-13(2)11-16(3,12-17)18-10-6-8-14-7-4-5-9-15(14)18/h13-15H,4-12,17H2,1-3H3/t14-,15-,16?/m1/s1. The molecule has 2 rings (SSSR count). The van der Waals surface area contributed by atoms with Crippen LogP contribution in [0.1, 0.15) is 65.7 Å². The van der Waals surface area contributed by atoms with Crippen LogP contribution in [-0.2, 0) is 0 Å². The van der Waals surface area contributed by atoms with E-state index in [4.69, 9.17) is 5.73 Å². The van der Waals surface area contributed by atoms with Crippen molar-refractivity contribution in [1.82, 2.24) is 4.90 Å². The second kappa shape index (κ2) is 5.92. The second-order valence-corrected chi connectivity index (χ2v) is 7.25. The lowest BCUT2D eigenvalue weighted by Crippen LogP contribution is -2.60. The van der Waals surface area contributed by atoms with Crippen molar-refractivity contribution in [3.05, 3.63) is 0 Å². The Kier molecular flexibility index (Phi) is 4.71. The molecule has 2 fully saturated rings. The first-order valence-corrected chi connectivity index (χ1v) is 8.03. The summed E-state index contributed by atoms with van der Waals surface area (Å²) in [4.78, 5) is 2.81. The van der Waals surface area contributed by atoms with Crippen molar-refractivity contribution in [2.75, 3.05) is 13.1 Å². The molecule has 1 aliphatic heterocycles. The minimum Gasteiger partial charge on any atom is -0.329 e. The maximum absolute atomic E-state index is 6.17. The van der Waals surface area contributed by atoms with Gasteiger partial charge in [-0.25, -0.2) is 0 Å². The van der Waals surface area contributed by atoms with Crippen LogP contribution in [0.15, 0.2) is 0 Å². The van der Waals surface area contributed by atoms with Crippen molar-refractivity contribution in [2.45, 2.75) is 77.3 Å². The van der Waals surface area contributed by atoms with E-state index in [9.17, 15) is 0 Å². The van der Waals surface area contributed by atoms with Crippen LogP contribution in [0.5, 0.6) is 0 Å². The Bertz CT molecular complexity index is 262. The Hall–Kier alpha value is -0.0800. The van der Waals surface area contributed by atoms with Gasteiger partial charge in [0.25, 0.3) is 0 Å². The van der Waals surface area contributed by atoms with Gasteiger partial charge in [0.2, 0.25) is 0 Å². The lowest BCUT2D eigenvalue weighted by molar-refractivity contribution is -0.0262. The molecule has 3 atom stereocenters. The highest BCUT2D eigenvalue weighted by atomic mass is 15.2. The lowest BCUT2D eigenvalue weighted by atomic mass is 9.75. The van der Waals surface area contributed by atoms with E-state index in [1.807, 2.05) is 0 Å². The van der Waals surface area contributed by atoms with Gasteiger partial charge in [0.05, 0.1) is 0 Å². The van der Waals surface area contributed by atoms with Crippen molar-refractivity contribution in [3.63, 3.8) is 0 Å². The molecule has 2 heteroatoms. The minimum atomic E-state index is 0.231. The van der Waals surface area contributed by atoms with Crippen LogP contribution in [0.25, 0.3) is 0 Å². The molecule has 2 nitrogen and oxygen atoms in total. The highest BCUT2D eigenvalue weighted by molar-refractivity contribution is 4.97. The number of rotatable bonds is 4. The third-order valence-corrected chi connectivity index (χ3v) is 5.22. The fraction of sp³-hybridized carbons (Fsp3) is 1.00. The Morgan fingerprint density at radius 1 is 1.17 bits per heavy atom. The molecular formula is C16H32N2. The molecule has 0 bridgehead atoms. The first-order valence-electron chi connectivity index (χ1n) is 8.03. The Morgan fingerprint density at radius 2 is 1.83 bits per heavy atom. The van der Waals surface area contributed by atoms with Gasteiger partial charge in [-0.1, -0.05) is 26.7 Å². The summed E-state index contributed by atoms with van der Waals surface area (Å²) in [5, 5.41) is 0. The number of likely N-dealkylation sites (tertiary alicyclic amines) is 1. The third-order valence-electron chi connectivity index (χ3n) is 5.22. The van der Waals surface area contributed by atoms with Gasteiger partial charge >= 0.3 is 0 Å². The molecule has 0 aromatic heterocycles. The zero-order chi connectivity index (χ0) is 13.2. The molecule has 1 saturated carbocycles. The van der Waals surface area contributed by atoms with Gasteiger partial charge < -0.3 is 5.73 Å². The largest absolute Gasteiger partial charge is 0.329 e. The van der Waals surface area contributed by atoms with Crippen molar-refractivity contribution in [3.8, 4) is 0 Å². The molecule has 0 radical (unpaired) electrons. The predicted octanol–water partition coefficient (Wildman–Crippen LogP) is 3.40. The topological polar surface area (TPSA) is 29.3 Å². The monoisotopic (exact) mass is 252 g/mol. The molecule has 0 spiro atoms. The van der Waals surface area contributed by atoms with Gasteiger partial charge in [-0.3, -0.25) is 4.90 Å². The molecule has 1 aliphatic carbocycles. The highest BCUT2D eigenvalue weighted by Crippen LogP contribution is 2.40. The van der Waals surface area contributed by atoms with Crippen LogP contribution >= 0.6 is 0 Å². The van der Waals surface area contributed by atoms with Crippen LogP contribution < -0.4 is 5.73 Å². The molecule has 1 unspecified atom stereocenters. The second-order valence-electron chi connectivity index (χ2n) is 7.25. The van der Waals surface area contributed by atoms with Crippen LogP contribution in [0.2, 0.25) is 0 Å². The zero-order valence-electron chi connectivity index (χ0n) is 12.6. The van der Waals surface area contributed by atoms with Crippen molar-refractivity contribution in [1.29, 1.82) is 0 Å². The van der Waals surface area contributed by atoms with Gasteiger partial charge in [-0.15, -0.1) is 0 Å². The predicted molar refractivity (Wildman–Crippen MR) is 78.6 cm³/mol. The number of hydrogen-bond acceptors (Lipinski definition) is 2. The summed E-state index contributed by atoms with van der Waals surface area (Å²) in [5.74, 6) is 1.70. The molecule has 0 aromatic rings. The van der Waals surface area contributed by atoms with E-state index >= 15 is 0 Å². The molecule has 0 amide bonds. The van der Waals surface area contributed by atoms with E-state index in [0.29, 0.717) is 0 Å².